The van der Waals surface area contributed by atoms with E-state index in [4.69, 9.17) is 4.84 Å². The van der Waals surface area contributed by atoms with E-state index in [1.165, 1.54) is 19.2 Å². The molecule has 98 valence electrons. The number of benzene rings is 1. The predicted molar refractivity (Wildman–Crippen MR) is 65.4 cm³/mol. The average Bonchev–Trinajstić information content (AvgIpc) is 2.61. The van der Waals surface area contributed by atoms with Crippen LogP contribution in [0.3, 0.4) is 0 Å². The van der Waals surface area contributed by atoms with Crippen LogP contribution in [0.5, 0.6) is 0 Å². The molecule has 1 aromatic rings. The molecule has 0 saturated carbocycles. The summed E-state index contributed by atoms with van der Waals surface area (Å²) >= 11 is 0. The molecule has 1 aliphatic rings. The zero-order valence-electron chi connectivity index (χ0n) is 10.6. The van der Waals surface area contributed by atoms with Gasteiger partial charge in [0, 0.05) is 23.9 Å². The van der Waals surface area contributed by atoms with Crippen LogP contribution >= 0.6 is 0 Å². The Morgan fingerprint density at radius 2 is 1.94 bits per heavy atom. The van der Waals surface area contributed by atoms with Crippen molar-refractivity contribution in [1.29, 1.82) is 0 Å². The number of nitrogens with one attached hydrogen (secondary N) is 1. The highest BCUT2D eigenvalue weighted by Crippen LogP contribution is 2.34. The monoisotopic (exact) mass is 254 g/mol. The van der Waals surface area contributed by atoms with Crippen molar-refractivity contribution in [3.8, 4) is 0 Å². The van der Waals surface area contributed by atoms with E-state index in [-0.39, 0.29) is 17.4 Å². The molecule has 0 unspecified atom stereocenters. The number of nitrogens with zero attached hydrogens (tertiary/aromatic N) is 1. The maximum Gasteiger partial charge on any atom is 0.129 e. The number of amidine groups is 1. The van der Waals surface area contributed by atoms with Crippen LogP contribution in [0.1, 0.15) is 24.0 Å². The minimum atomic E-state index is -0.502. The van der Waals surface area contributed by atoms with E-state index in [1.807, 2.05) is 6.92 Å². The Morgan fingerprint density at radius 3 is 2.50 bits per heavy atom. The molecular weight excluding hydrogens is 238 g/mol. The van der Waals surface area contributed by atoms with Gasteiger partial charge in [0.25, 0.3) is 0 Å². The third-order valence-corrected chi connectivity index (χ3v) is 3.29. The highest BCUT2D eigenvalue weighted by atomic mass is 19.1. The smallest absolute Gasteiger partial charge is 0.129 e. The Balaban J connectivity index is 2.30. The number of hydroxylamine groups is 1. The van der Waals surface area contributed by atoms with Gasteiger partial charge in [-0.25, -0.2) is 8.78 Å². The van der Waals surface area contributed by atoms with Gasteiger partial charge in [0.2, 0.25) is 0 Å². The first-order chi connectivity index (χ1) is 8.54. The van der Waals surface area contributed by atoms with Crippen molar-refractivity contribution in [2.24, 2.45) is 10.9 Å². The summed E-state index contributed by atoms with van der Waals surface area (Å²) in [5.41, 5.74) is 3.34. The number of hydrogen-bond acceptors (Lipinski definition) is 3. The minimum absolute atomic E-state index is 0.100. The Labute approximate surface area is 105 Å². The number of rotatable bonds is 2. The predicted octanol–water partition coefficient (Wildman–Crippen LogP) is 2.56. The van der Waals surface area contributed by atoms with E-state index >= 15 is 0 Å². The Bertz CT molecular complexity index is 465. The molecular formula is C13H16F2N2O. The number of halogens is 2. The van der Waals surface area contributed by atoms with Crippen molar-refractivity contribution < 1.29 is 13.6 Å². The molecule has 0 radical (unpaired) electrons. The van der Waals surface area contributed by atoms with Crippen molar-refractivity contribution in [2.45, 2.75) is 19.8 Å². The van der Waals surface area contributed by atoms with Gasteiger partial charge in [0.05, 0.1) is 7.11 Å². The van der Waals surface area contributed by atoms with Crippen molar-refractivity contribution >= 4 is 5.84 Å². The van der Waals surface area contributed by atoms with E-state index in [2.05, 4.69) is 10.5 Å². The van der Waals surface area contributed by atoms with Crippen LogP contribution in [0.2, 0.25) is 0 Å². The summed E-state index contributed by atoms with van der Waals surface area (Å²) in [6.45, 7) is 3.91. The highest BCUT2D eigenvalue weighted by molar-refractivity contribution is 5.86. The normalized spacial score (nSPS) is 23.1. The van der Waals surface area contributed by atoms with E-state index in [9.17, 15) is 8.78 Å². The first-order valence-corrected chi connectivity index (χ1v) is 5.83. The van der Waals surface area contributed by atoms with Crippen molar-refractivity contribution in [2.75, 3.05) is 13.7 Å². The van der Waals surface area contributed by atoms with Gasteiger partial charge in [-0.1, -0.05) is 6.92 Å². The lowest BCUT2D eigenvalue weighted by Gasteiger charge is -2.18. The Hall–Kier alpha value is -1.49. The lowest BCUT2D eigenvalue weighted by molar-refractivity contribution is 0.140. The van der Waals surface area contributed by atoms with E-state index in [1.54, 1.807) is 6.92 Å². The van der Waals surface area contributed by atoms with Crippen LogP contribution in [0.15, 0.2) is 17.1 Å². The van der Waals surface area contributed by atoms with Gasteiger partial charge in [-0.2, -0.15) is 0 Å². The molecule has 0 bridgehead atoms. The molecule has 0 aliphatic carbocycles. The molecule has 0 saturated heterocycles. The number of hydrogen-bond donors (Lipinski definition) is 1. The summed E-state index contributed by atoms with van der Waals surface area (Å²) in [4.78, 5) is 9.01. The molecule has 2 atom stereocenters. The number of aliphatic imine (C=N–C) groups is 1. The fraction of sp³-hybridized carbons (Fsp3) is 0.462. The molecule has 1 heterocycles. The average molecular weight is 254 g/mol. The van der Waals surface area contributed by atoms with Gasteiger partial charge < -0.3 is 0 Å². The quantitative estimate of drug-likeness (QED) is 0.823. The van der Waals surface area contributed by atoms with Crippen LogP contribution in [-0.4, -0.2) is 19.5 Å². The number of aryl methyl sites for hydroxylation is 1. The summed E-state index contributed by atoms with van der Waals surface area (Å²) in [6.07, 6.45) is 0. The lowest BCUT2D eigenvalue weighted by atomic mass is 9.87. The maximum absolute atomic E-state index is 13.9. The minimum Gasteiger partial charge on any atom is -0.278 e. The second-order valence-electron chi connectivity index (χ2n) is 4.57. The summed E-state index contributed by atoms with van der Waals surface area (Å²) in [6, 6.07) is 2.71. The maximum atomic E-state index is 13.9. The van der Waals surface area contributed by atoms with Gasteiger partial charge >= 0.3 is 0 Å². The largest absolute Gasteiger partial charge is 0.278 e. The second kappa shape index (κ2) is 5.02. The van der Waals surface area contributed by atoms with Crippen LogP contribution in [-0.2, 0) is 4.84 Å². The summed E-state index contributed by atoms with van der Waals surface area (Å²) in [7, 11) is 1.48. The first-order valence-electron chi connectivity index (χ1n) is 5.83. The molecule has 0 spiro atoms. The molecule has 1 N–H and O–H groups in total. The molecule has 0 fully saturated rings. The zero-order valence-corrected chi connectivity index (χ0v) is 10.6. The SMILES string of the molecule is CONC1=NC[C@@H](c2c(F)cc(C)cc2F)[C@@H]1C. The van der Waals surface area contributed by atoms with E-state index < -0.39 is 11.6 Å². The summed E-state index contributed by atoms with van der Waals surface area (Å²) in [5, 5.41) is 0. The van der Waals surface area contributed by atoms with Gasteiger partial charge in [0.15, 0.2) is 0 Å². The summed E-state index contributed by atoms with van der Waals surface area (Å²) in [5.74, 6) is -0.766. The fourth-order valence-electron chi connectivity index (χ4n) is 2.33. The fourth-order valence-corrected chi connectivity index (χ4v) is 2.33. The molecule has 2 rings (SSSR count). The van der Waals surface area contributed by atoms with Gasteiger partial charge in [-0.3, -0.25) is 15.3 Å². The van der Waals surface area contributed by atoms with Crippen molar-refractivity contribution in [3.63, 3.8) is 0 Å². The van der Waals surface area contributed by atoms with Crippen molar-refractivity contribution in [3.05, 3.63) is 34.9 Å². The third kappa shape index (κ3) is 2.22. The first kappa shape index (κ1) is 13.0. The van der Waals surface area contributed by atoms with E-state index in [0.29, 0.717) is 17.9 Å². The van der Waals surface area contributed by atoms with Crippen LogP contribution in [0.4, 0.5) is 8.78 Å². The van der Waals surface area contributed by atoms with E-state index in [0.717, 1.165) is 0 Å². The second-order valence-corrected chi connectivity index (χ2v) is 4.57. The van der Waals surface area contributed by atoms with Crippen molar-refractivity contribution in [1.82, 2.24) is 5.48 Å². The molecule has 0 amide bonds. The summed E-state index contributed by atoms with van der Waals surface area (Å²) < 4.78 is 27.8. The topological polar surface area (TPSA) is 33.6 Å². The van der Waals surface area contributed by atoms with Gasteiger partial charge in [0.1, 0.15) is 17.5 Å². The molecule has 3 nitrogen and oxygen atoms in total. The Morgan fingerprint density at radius 1 is 1.33 bits per heavy atom. The lowest BCUT2D eigenvalue weighted by Crippen LogP contribution is -2.28. The molecule has 1 aliphatic heterocycles. The van der Waals surface area contributed by atoms with Crippen LogP contribution in [0, 0.1) is 24.5 Å². The zero-order chi connectivity index (χ0) is 13.3. The molecule has 18 heavy (non-hydrogen) atoms. The molecule has 5 heteroatoms. The third-order valence-electron chi connectivity index (χ3n) is 3.29. The Kier molecular flexibility index (Phi) is 3.61. The van der Waals surface area contributed by atoms with Gasteiger partial charge in [-0.15, -0.1) is 0 Å². The molecule has 1 aromatic carbocycles. The van der Waals surface area contributed by atoms with Crippen LogP contribution < -0.4 is 5.48 Å². The standard InChI is InChI=1S/C13H16F2N2O/c1-7-4-10(14)12(11(15)5-7)9-6-16-13(8(9)2)17-18-3/h4-5,8-9H,6H2,1-3H3,(H,16,17)/t8-,9+/m0/s1. The molecule has 0 aromatic heterocycles. The highest BCUT2D eigenvalue weighted by Gasteiger charge is 2.33. The van der Waals surface area contributed by atoms with Crippen LogP contribution in [0.25, 0.3) is 0 Å². The van der Waals surface area contributed by atoms with Gasteiger partial charge in [-0.05, 0) is 24.6 Å².